The molecule has 0 saturated heterocycles. The van der Waals surface area contributed by atoms with Crippen molar-refractivity contribution in [1.82, 2.24) is 10.1 Å². The lowest BCUT2D eigenvalue weighted by molar-refractivity contribution is -0.140. The second-order valence-corrected chi connectivity index (χ2v) is 3.69. The molecule has 6 nitrogen and oxygen atoms in total. The van der Waals surface area contributed by atoms with E-state index in [2.05, 4.69) is 14.9 Å². The van der Waals surface area contributed by atoms with Crippen LogP contribution in [-0.4, -0.2) is 29.8 Å². The summed E-state index contributed by atoms with van der Waals surface area (Å²) in [5.41, 5.74) is 0.726. The molecule has 100 valence electrons. The molecule has 6 heteroatoms. The number of ether oxygens (including phenoxy) is 2. The van der Waals surface area contributed by atoms with E-state index in [1.807, 2.05) is 31.2 Å². The summed E-state index contributed by atoms with van der Waals surface area (Å²) in [4.78, 5) is 15.3. The Morgan fingerprint density at radius 2 is 2.16 bits per heavy atom. The number of carbonyl (C=O) groups excluding carboxylic acids is 1. The molecular weight excluding hydrogens is 248 g/mol. The summed E-state index contributed by atoms with van der Waals surface area (Å²) in [6.07, 6.45) is -0.0414. The van der Waals surface area contributed by atoms with E-state index in [0.717, 1.165) is 5.56 Å². The zero-order valence-corrected chi connectivity index (χ0v) is 10.8. The van der Waals surface area contributed by atoms with Crippen LogP contribution >= 0.6 is 0 Å². The number of aromatic nitrogens is 2. The van der Waals surface area contributed by atoms with Crippen molar-refractivity contribution in [1.29, 1.82) is 0 Å². The van der Waals surface area contributed by atoms with Gasteiger partial charge in [-0.05, 0) is 19.1 Å². The molecule has 0 amide bonds. The van der Waals surface area contributed by atoms with Gasteiger partial charge in [-0.2, -0.15) is 4.98 Å². The van der Waals surface area contributed by atoms with Crippen LogP contribution in [0.15, 0.2) is 28.8 Å². The average molecular weight is 262 g/mol. The minimum Gasteiger partial charge on any atom is -0.493 e. The number of methoxy groups -OCH3 is 1. The van der Waals surface area contributed by atoms with Crippen molar-refractivity contribution in [3.05, 3.63) is 30.2 Å². The molecule has 19 heavy (non-hydrogen) atoms. The lowest BCUT2D eigenvalue weighted by Gasteiger charge is -2.05. The van der Waals surface area contributed by atoms with Crippen molar-refractivity contribution in [3.63, 3.8) is 0 Å². The van der Waals surface area contributed by atoms with E-state index in [-0.39, 0.29) is 12.3 Å². The highest BCUT2D eigenvalue weighted by Gasteiger charge is 2.15. The fourth-order valence-corrected chi connectivity index (χ4v) is 1.56. The van der Waals surface area contributed by atoms with Gasteiger partial charge in [0.1, 0.15) is 12.2 Å². The number of hydrogen-bond acceptors (Lipinski definition) is 6. The van der Waals surface area contributed by atoms with Gasteiger partial charge in [0, 0.05) is 0 Å². The van der Waals surface area contributed by atoms with E-state index in [1.54, 1.807) is 0 Å². The summed E-state index contributed by atoms with van der Waals surface area (Å²) in [5, 5.41) is 3.84. The molecule has 0 N–H and O–H groups in total. The molecule has 1 heterocycles. The molecule has 1 aromatic heterocycles. The standard InChI is InChI=1S/C13H14N2O4/c1-3-18-10-7-5-4-6-9(10)13-14-11(19-15-13)8-12(16)17-2/h4-7H,3,8H2,1-2H3. The van der Waals surface area contributed by atoms with E-state index in [4.69, 9.17) is 9.26 Å². The predicted molar refractivity (Wildman–Crippen MR) is 66.6 cm³/mol. The molecule has 1 aromatic carbocycles. The van der Waals surface area contributed by atoms with Crippen molar-refractivity contribution in [2.45, 2.75) is 13.3 Å². The van der Waals surface area contributed by atoms with Crippen molar-refractivity contribution < 1.29 is 18.8 Å². The van der Waals surface area contributed by atoms with Gasteiger partial charge in [0.2, 0.25) is 11.7 Å². The first kappa shape index (κ1) is 13.1. The normalized spacial score (nSPS) is 10.2. The van der Waals surface area contributed by atoms with E-state index in [0.29, 0.717) is 18.2 Å². The van der Waals surface area contributed by atoms with Gasteiger partial charge in [-0.15, -0.1) is 0 Å². The van der Waals surface area contributed by atoms with E-state index in [1.165, 1.54) is 7.11 Å². The summed E-state index contributed by atoms with van der Waals surface area (Å²) >= 11 is 0. The van der Waals surface area contributed by atoms with Gasteiger partial charge in [-0.1, -0.05) is 17.3 Å². The summed E-state index contributed by atoms with van der Waals surface area (Å²) < 4.78 is 15.0. The van der Waals surface area contributed by atoms with Crippen LogP contribution in [0.5, 0.6) is 5.75 Å². The molecule has 0 spiro atoms. The Hall–Kier alpha value is -2.37. The first-order chi connectivity index (χ1) is 9.24. The Morgan fingerprint density at radius 1 is 1.37 bits per heavy atom. The number of carbonyl (C=O) groups is 1. The molecule has 0 fully saturated rings. The van der Waals surface area contributed by atoms with Crippen LogP contribution in [0, 0.1) is 0 Å². The molecule has 0 aliphatic rings. The van der Waals surface area contributed by atoms with E-state index in [9.17, 15) is 4.79 Å². The van der Waals surface area contributed by atoms with Crippen LogP contribution in [0.4, 0.5) is 0 Å². The predicted octanol–water partition coefficient (Wildman–Crippen LogP) is 1.85. The third-order valence-electron chi connectivity index (χ3n) is 2.42. The highest BCUT2D eigenvalue weighted by Crippen LogP contribution is 2.27. The summed E-state index contributed by atoms with van der Waals surface area (Å²) in [7, 11) is 1.31. The second-order valence-electron chi connectivity index (χ2n) is 3.69. The Kier molecular flexibility index (Phi) is 4.12. The molecule has 0 saturated carbocycles. The van der Waals surface area contributed by atoms with Gasteiger partial charge < -0.3 is 14.0 Å². The van der Waals surface area contributed by atoms with Gasteiger partial charge >= 0.3 is 5.97 Å². The first-order valence-corrected chi connectivity index (χ1v) is 5.86. The van der Waals surface area contributed by atoms with Crippen LogP contribution < -0.4 is 4.74 Å². The molecule has 0 bridgehead atoms. The van der Waals surface area contributed by atoms with E-state index >= 15 is 0 Å². The monoisotopic (exact) mass is 262 g/mol. The Bertz CT molecular complexity index is 565. The summed E-state index contributed by atoms with van der Waals surface area (Å²) in [6, 6.07) is 7.38. The fourth-order valence-electron chi connectivity index (χ4n) is 1.56. The fraction of sp³-hybridized carbons (Fsp3) is 0.308. The number of benzene rings is 1. The molecule has 2 aromatic rings. The van der Waals surface area contributed by atoms with Gasteiger partial charge in [0.15, 0.2) is 0 Å². The summed E-state index contributed by atoms with van der Waals surface area (Å²) in [6.45, 7) is 2.44. The highest BCUT2D eigenvalue weighted by atomic mass is 16.5. The Balaban J connectivity index is 2.25. The lowest BCUT2D eigenvalue weighted by Crippen LogP contribution is -2.04. The maximum absolute atomic E-state index is 11.1. The number of hydrogen-bond donors (Lipinski definition) is 0. The number of rotatable bonds is 5. The van der Waals surface area contributed by atoms with Gasteiger partial charge in [0.25, 0.3) is 0 Å². The minimum atomic E-state index is -0.423. The zero-order chi connectivity index (χ0) is 13.7. The number of esters is 1. The molecule has 0 atom stereocenters. The Labute approximate surface area is 110 Å². The largest absolute Gasteiger partial charge is 0.493 e. The highest BCUT2D eigenvalue weighted by molar-refractivity contribution is 5.71. The SMILES string of the molecule is CCOc1ccccc1-c1noc(CC(=O)OC)n1. The third-order valence-corrected chi connectivity index (χ3v) is 2.42. The number of para-hydroxylation sites is 1. The molecule has 0 aliphatic heterocycles. The van der Waals surface area contributed by atoms with Crippen LogP contribution in [0.2, 0.25) is 0 Å². The van der Waals surface area contributed by atoms with Crippen LogP contribution in [-0.2, 0) is 16.0 Å². The van der Waals surface area contributed by atoms with Crippen molar-refractivity contribution >= 4 is 5.97 Å². The van der Waals surface area contributed by atoms with E-state index < -0.39 is 5.97 Å². The van der Waals surface area contributed by atoms with Crippen LogP contribution in [0.1, 0.15) is 12.8 Å². The van der Waals surface area contributed by atoms with Crippen LogP contribution in [0.3, 0.4) is 0 Å². The summed E-state index contributed by atoms with van der Waals surface area (Å²) in [5.74, 6) is 0.861. The first-order valence-electron chi connectivity index (χ1n) is 5.86. The second kappa shape index (κ2) is 5.99. The molecule has 0 aliphatic carbocycles. The third kappa shape index (κ3) is 3.09. The maximum atomic E-state index is 11.1. The lowest BCUT2D eigenvalue weighted by atomic mass is 10.2. The average Bonchev–Trinajstić information content (AvgIpc) is 2.88. The zero-order valence-electron chi connectivity index (χ0n) is 10.8. The minimum absolute atomic E-state index is 0.0414. The number of nitrogens with zero attached hydrogens (tertiary/aromatic N) is 2. The molecular formula is C13H14N2O4. The topological polar surface area (TPSA) is 74.5 Å². The van der Waals surface area contributed by atoms with Gasteiger partial charge in [-0.25, -0.2) is 0 Å². The van der Waals surface area contributed by atoms with Gasteiger partial charge in [-0.3, -0.25) is 4.79 Å². The van der Waals surface area contributed by atoms with Crippen molar-refractivity contribution in [2.24, 2.45) is 0 Å². The van der Waals surface area contributed by atoms with Crippen molar-refractivity contribution in [3.8, 4) is 17.1 Å². The maximum Gasteiger partial charge on any atom is 0.315 e. The smallest absolute Gasteiger partial charge is 0.315 e. The molecule has 0 unspecified atom stereocenters. The molecule has 0 radical (unpaired) electrons. The molecule has 2 rings (SSSR count). The van der Waals surface area contributed by atoms with Crippen LogP contribution in [0.25, 0.3) is 11.4 Å². The quantitative estimate of drug-likeness (QED) is 0.765. The van der Waals surface area contributed by atoms with Crippen molar-refractivity contribution in [2.75, 3.05) is 13.7 Å². The Morgan fingerprint density at radius 3 is 2.89 bits per heavy atom. The van der Waals surface area contributed by atoms with Gasteiger partial charge in [0.05, 0.1) is 19.3 Å².